The van der Waals surface area contributed by atoms with E-state index in [1.54, 1.807) is 6.92 Å². The molecule has 0 aliphatic heterocycles. The Morgan fingerprint density at radius 1 is 1.43 bits per heavy atom. The van der Waals surface area contributed by atoms with Crippen molar-refractivity contribution in [1.29, 1.82) is 0 Å². The Kier molecular flexibility index (Phi) is 5.98. The van der Waals surface area contributed by atoms with Gasteiger partial charge in [-0.1, -0.05) is 6.08 Å². The van der Waals surface area contributed by atoms with Crippen molar-refractivity contribution in [2.45, 2.75) is 11.8 Å². The molecule has 0 aliphatic rings. The standard InChI is InChI=1S/C13H15F2NO4S/c1-3-7-16(9-13(17)20-4-2)21(18,19)12-6-5-10(14)8-11(12)15/h3,5-6,8H,1,4,7,9H2,2H3. The molecule has 0 atom stereocenters. The van der Waals surface area contributed by atoms with Crippen LogP contribution in [0.1, 0.15) is 6.92 Å². The lowest BCUT2D eigenvalue weighted by Gasteiger charge is -2.20. The smallest absolute Gasteiger partial charge is 0.321 e. The van der Waals surface area contributed by atoms with Crippen molar-refractivity contribution in [1.82, 2.24) is 4.31 Å². The highest BCUT2D eigenvalue weighted by atomic mass is 32.2. The maximum absolute atomic E-state index is 13.6. The van der Waals surface area contributed by atoms with Crippen LogP contribution < -0.4 is 0 Å². The van der Waals surface area contributed by atoms with E-state index < -0.39 is 39.1 Å². The second-order valence-corrected chi connectivity index (χ2v) is 5.87. The highest BCUT2D eigenvalue weighted by molar-refractivity contribution is 7.89. The minimum absolute atomic E-state index is 0.0890. The number of hydrogen-bond acceptors (Lipinski definition) is 4. The summed E-state index contributed by atoms with van der Waals surface area (Å²) in [5, 5.41) is 0. The summed E-state index contributed by atoms with van der Waals surface area (Å²) < 4.78 is 56.5. The van der Waals surface area contributed by atoms with Crippen molar-refractivity contribution < 1.29 is 26.7 Å². The molecule has 0 saturated heterocycles. The molecule has 0 radical (unpaired) electrons. The van der Waals surface area contributed by atoms with Crippen LogP contribution in [0.5, 0.6) is 0 Å². The van der Waals surface area contributed by atoms with Crippen LogP contribution in [0.4, 0.5) is 8.78 Å². The van der Waals surface area contributed by atoms with Crippen LogP contribution in [0.25, 0.3) is 0 Å². The van der Waals surface area contributed by atoms with Crippen LogP contribution in [0.2, 0.25) is 0 Å². The molecule has 5 nitrogen and oxygen atoms in total. The number of hydrogen-bond donors (Lipinski definition) is 0. The second-order valence-electron chi connectivity index (χ2n) is 3.97. The van der Waals surface area contributed by atoms with Crippen molar-refractivity contribution in [3.63, 3.8) is 0 Å². The third kappa shape index (κ3) is 4.33. The first kappa shape index (κ1) is 17.3. The number of esters is 1. The quantitative estimate of drug-likeness (QED) is 0.567. The van der Waals surface area contributed by atoms with Gasteiger partial charge in [-0.3, -0.25) is 4.79 Å². The van der Waals surface area contributed by atoms with Gasteiger partial charge in [0, 0.05) is 12.6 Å². The van der Waals surface area contributed by atoms with E-state index in [2.05, 4.69) is 11.3 Å². The van der Waals surface area contributed by atoms with Gasteiger partial charge in [0.1, 0.15) is 23.1 Å². The third-order valence-electron chi connectivity index (χ3n) is 2.46. The van der Waals surface area contributed by atoms with E-state index in [0.29, 0.717) is 10.4 Å². The molecule has 0 aromatic heterocycles. The third-order valence-corrected chi connectivity index (χ3v) is 4.30. The van der Waals surface area contributed by atoms with E-state index >= 15 is 0 Å². The molecule has 0 unspecified atom stereocenters. The van der Waals surface area contributed by atoms with Crippen molar-refractivity contribution >= 4 is 16.0 Å². The zero-order valence-corrected chi connectivity index (χ0v) is 12.2. The van der Waals surface area contributed by atoms with Crippen LogP contribution in [0, 0.1) is 11.6 Å². The van der Waals surface area contributed by atoms with Crippen molar-refractivity contribution in [3.05, 3.63) is 42.5 Å². The molecule has 8 heteroatoms. The number of benzene rings is 1. The van der Waals surface area contributed by atoms with E-state index in [1.165, 1.54) is 6.08 Å². The molecule has 0 fully saturated rings. The fourth-order valence-electron chi connectivity index (χ4n) is 1.57. The zero-order valence-electron chi connectivity index (χ0n) is 11.4. The van der Waals surface area contributed by atoms with Crippen molar-refractivity contribution in [3.8, 4) is 0 Å². The molecule has 1 rings (SSSR count). The summed E-state index contributed by atoms with van der Waals surface area (Å²) in [7, 11) is -4.30. The molecule has 0 saturated carbocycles. The van der Waals surface area contributed by atoms with E-state index in [1.807, 2.05) is 0 Å². The number of sulfonamides is 1. The van der Waals surface area contributed by atoms with Gasteiger partial charge in [0.25, 0.3) is 0 Å². The molecule has 1 aromatic carbocycles. The summed E-state index contributed by atoms with van der Waals surface area (Å²) in [6.45, 7) is 4.25. The van der Waals surface area contributed by atoms with Crippen molar-refractivity contribution in [2.75, 3.05) is 19.7 Å². The number of halogens is 2. The van der Waals surface area contributed by atoms with Crippen LogP contribution >= 0.6 is 0 Å². The van der Waals surface area contributed by atoms with Gasteiger partial charge in [0.05, 0.1) is 6.61 Å². The Labute approximate surface area is 121 Å². The van der Waals surface area contributed by atoms with Crippen LogP contribution in [-0.2, 0) is 19.6 Å². The lowest BCUT2D eigenvalue weighted by molar-refractivity contribution is -0.143. The molecule has 0 amide bonds. The molecular weight excluding hydrogens is 304 g/mol. The first-order chi connectivity index (χ1) is 9.82. The van der Waals surface area contributed by atoms with Gasteiger partial charge in [0.2, 0.25) is 10.0 Å². The Morgan fingerprint density at radius 2 is 2.10 bits per heavy atom. The lowest BCUT2D eigenvalue weighted by Crippen LogP contribution is -2.37. The average Bonchev–Trinajstić information content (AvgIpc) is 2.38. The number of ether oxygens (including phenoxy) is 1. The highest BCUT2D eigenvalue weighted by Gasteiger charge is 2.29. The minimum Gasteiger partial charge on any atom is -0.465 e. The van der Waals surface area contributed by atoms with Gasteiger partial charge in [-0.05, 0) is 19.1 Å². The zero-order chi connectivity index (χ0) is 16.0. The van der Waals surface area contributed by atoms with E-state index in [4.69, 9.17) is 0 Å². The number of carbonyl (C=O) groups excluding carboxylic acids is 1. The first-order valence-corrected chi connectivity index (χ1v) is 7.48. The number of nitrogens with zero attached hydrogens (tertiary/aromatic N) is 1. The SMILES string of the molecule is C=CCN(CC(=O)OCC)S(=O)(=O)c1ccc(F)cc1F. The summed E-state index contributed by atoms with van der Waals surface area (Å²) in [6, 6.07) is 2.09. The fraction of sp³-hybridized carbons (Fsp3) is 0.308. The first-order valence-electron chi connectivity index (χ1n) is 6.04. The van der Waals surface area contributed by atoms with Gasteiger partial charge in [-0.15, -0.1) is 6.58 Å². The molecule has 21 heavy (non-hydrogen) atoms. The van der Waals surface area contributed by atoms with E-state index in [9.17, 15) is 22.0 Å². The van der Waals surface area contributed by atoms with Gasteiger partial charge in [-0.2, -0.15) is 4.31 Å². The molecule has 1 aromatic rings. The Bertz CT molecular complexity index is 631. The van der Waals surface area contributed by atoms with Gasteiger partial charge >= 0.3 is 5.97 Å². The second kappa shape index (κ2) is 7.28. The molecule has 0 aliphatic carbocycles. The monoisotopic (exact) mass is 319 g/mol. The number of rotatable bonds is 7. The maximum atomic E-state index is 13.6. The van der Waals surface area contributed by atoms with Gasteiger partial charge < -0.3 is 4.74 Å². The molecular formula is C13H15F2NO4S. The molecule has 0 heterocycles. The Morgan fingerprint density at radius 3 is 2.62 bits per heavy atom. The average molecular weight is 319 g/mol. The lowest BCUT2D eigenvalue weighted by atomic mass is 10.3. The summed E-state index contributed by atoms with van der Waals surface area (Å²) in [6.07, 6.45) is 1.25. The fourth-order valence-corrected chi connectivity index (χ4v) is 2.97. The summed E-state index contributed by atoms with van der Waals surface area (Å²) in [4.78, 5) is 10.7. The van der Waals surface area contributed by atoms with Crippen molar-refractivity contribution in [2.24, 2.45) is 0 Å². The number of carbonyl (C=O) groups is 1. The topological polar surface area (TPSA) is 63.7 Å². The van der Waals surface area contributed by atoms with E-state index in [0.717, 1.165) is 12.1 Å². The summed E-state index contributed by atoms with van der Waals surface area (Å²) in [5.74, 6) is -2.90. The molecule has 0 bridgehead atoms. The predicted octanol–water partition coefficient (Wildman–Crippen LogP) is 1.70. The minimum atomic E-state index is -4.30. The largest absolute Gasteiger partial charge is 0.465 e. The highest BCUT2D eigenvalue weighted by Crippen LogP contribution is 2.20. The van der Waals surface area contributed by atoms with Crippen LogP contribution in [0.3, 0.4) is 0 Å². The molecule has 0 N–H and O–H groups in total. The summed E-state index contributed by atoms with van der Waals surface area (Å²) >= 11 is 0. The van der Waals surface area contributed by atoms with E-state index in [-0.39, 0.29) is 13.2 Å². The Hall–Kier alpha value is -1.80. The van der Waals surface area contributed by atoms with Crippen LogP contribution in [0.15, 0.2) is 35.7 Å². The van der Waals surface area contributed by atoms with Gasteiger partial charge in [0.15, 0.2) is 0 Å². The predicted molar refractivity (Wildman–Crippen MR) is 71.9 cm³/mol. The van der Waals surface area contributed by atoms with Crippen LogP contribution in [-0.4, -0.2) is 38.4 Å². The summed E-state index contributed by atoms with van der Waals surface area (Å²) in [5.41, 5.74) is 0. The molecule has 116 valence electrons. The van der Waals surface area contributed by atoms with Gasteiger partial charge in [-0.25, -0.2) is 17.2 Å². The normalized spacial score (nSPS) is 11.4. The molecule has 0 spiro atoms. The Balaban J connectivity index is 3.15. The maximum Gasteiger partial charge on any atom is 0.321 e.